The summed E-state index contributed by atoms with van der Waals surface area (Å²) in [7, 11) is 0. The summed E-state index contributed by atoms with van der Waals surface area (Å²) >= 11 is 0. The van der Waals surface area contributed by atoms with E-state index in [9.17, 15) is 5.11 Å². The molecule has 76 valence electrons. The summed E-state index contributed by atoms with van der Waals surface area (Å²) < 4.78 is 5.44. The van der Waals surface area contributed by atoms with Crippen molar-refractivity contribution in [3.8, 4) is 5.75 Å². The third-order valence-electron chi connectivity index (χ3n) is 2.70. The van der Waals surface area contributed by atoms with Crippen LogP contribution < -0.4 is 10.5 Å². The van der Waals surface area contributed by atoms with Crippen LogP contribution in [-0.4, -0.2) is 18.3 Å². The molecule has 0 amide bonds. The zero-order valence-electron chi connectivity index (χ0n) is 8.29. The highest BCUT2D eigenvalue weighted by Gasteiger charge is 2.21. The van der Waals surface area contributed by atoms with Crippen molar-refractivity contribution in [2.45, 2.75) is 19.4 Å². The monoisotopic (exact) mass is 193 g/mol. The Labute approximate surface area is 83.5 Å². The van der Waals surface area contributed by atoms with E-state index < -0.39 is 6.10 Å². The number of fused-ring (bicyclic) bond motifs is 1. The Morgan fingerprint density at radius 1 is 1.57 bits per heavy atom. The molecule has 1 aliphatic heterocycles. The first kappa shape index (κ1) is 9.49. The molecule has 0 aromatic heterocycles. The number of aryl methyl sites for hydroxylation is 1. The maximum atomic E-state index is 9.79. The highest BCUT2D eigenvalue weighted by atomic mass is 16.5. The molecule has 0 fully saturated rings. The van der Waals surface area contributed by atoms with Crippen molar-refractivity contribution < 1.29 is 9.84 Å². The van der Waals surface area contributed by atoms with Gasteiger partial charge in [0.05, 0.1) is 12.7 Å². The first-order chi connectivity index (χ1) is 6.74. The summed E-state index contributed by atoms with van der Waals surface area (Å²) in [4.78, 5) is 0. The number of ether oxygens (including phenoxy) is 1. The Hall–Kier alpha value is -1.06. The van der Waals surface area contributed by atoms with Gasteiger partial charge in [0.1, 0.15) is 5.75 Å². The Morgan fingerprint density at radius 2 is 2.36 bits per heavy atom. The Bertz CT molecular complexity index is 349. The topological polar surface area (TPSA) is 55.5 Å². The van der Waals surface area contributed by atoms with Crippen molar-refractivity contribution in [3.05, 3.63) is 28.8 Å². The summed E-state index contributed by atoms with van der Waals surface area (Å²) in [5.74, 6) is 0.901. The van der Waals surface area contributed by atoms with E-state index in [0.29, 0.717) is 6.61 Å². The molecule has 2 rings (SSSR count). The van der Waals surface area contributed by atoms with Crippen LogP contribution in [0.3, 0.4) is 0 Å². The van der Waals surface area contributed by atoms with Gasteiger partial charge in [0, 0.05) is 18.5 Å². The lowest BCUT2D eigenvalue weighted by molar-refractivity contribution is 0.185. The van der Waals surface area contributed by atoms with Crippen LogP contribution in [0.15, 0.2) is 12.1 Å². The number of aliphatic hydroxyl groups is 1. The highest BCUT2D eigenvalue weighted by molar-refractivity contribution is 5.48. The van der Waals surface area contributed by atoms with Crippen LogP contribution in [0.4, 0.5) is 0 Å². The number of hydrogen-bond donors (Lipinski definition) is 2. The van der Waals surface area contributed by atoms with Gasteiger partial charge in [-0.05, 0) is 24.1 Å². The third-order valence-corrected chi connectivity index (χ3v) is 2.70. The van der Waals surface area contributed by atoms with E-state index in [0.717, 1.165) is 28.9 Å². The molecule has 14 heavy (non-hydrogen) atoms. The second-order valence-electron chi connectivity index (χ2n) is 3.62. The van der Waals surface area contributed by atoms with Crippen LogP contribution in [0.5, 0.6) is 5.75 Å². The molecule has 1 heterocycles. The molecule has 3 N–H and O–H groups in total. The van der Waals surface area contributed by atoms with Crippen molar-refractivity contribution in [1.29, 1.82) is 0 Å². The summed E-state index contributed by atoms with van der Waals surface area (Å²) in [6.07, 6.45) is 0.315. The van der Waals surface area contributed by atoms with E-state index in [1.165, 1.54) is 0 Å². The highest BCUT2D eigenvalue weighted by Crippen LogP contribution is 2.33. The molecule has 0 aliphatic carbocycles. The second-order valence-corrected chi connectivity index (χ2v) is 3.62. The molecular formula is C11H15NO2. The van der Waals surface area contributed by atoms with Gasteiger partial charge >= 0.3 is 0 Å². The van der Waals surface area contributed by atoms with E-state index in [2.05, 4.69) is 0 Å². The predicted octanol–water partition coefficient (Wildman–Crippen LogP) is 0.922. The number of aliphatic hydroxyl groups excluding tert-OH is 1. The molecule has 3 nitrogen and oxygen atoms in total. The first-order valence-electron chi connectivity index (χ1n) is 4.87. The van der Waals surface area contributed by atoms with Crippen LogP contribution in [0.1, 0.15) is 22.8 Å². The minimum Gasteiger partial charge on any atom is -0.493 e. The molecule has 1 atom stereocenters. The van der Waals surface area contributed by atoms with Gasteiger partial charge in [-0.1, -0.05) is 6.07 Å². The average molecular weight is 193 g/mol. The molecule has 0 spiro atoms. The summed E-state index contributed by atoms with van der Waals surface area (Å²) in [6.45, 7) is 2.97. The SMILES string of the molecule is Cc1ccc2c(c1C(O)CN)CCO2. The summed E-state index contributed by atoms with van der Waals surface area (Å²) in [6, 6.07) is 3.93. The fourth-order valence-corrected chi connectivity index (χ4v) is 2.00. The fourth-order valence-electron chi connectivity index (χ4n) is 2.00. The zero-order valence-corrected chi connectivity index (χ0v) is 8.29. The van der Waals surface area contributed by atoms with Gasteiger partial charge < -0.3 is 15.6 Å². The maximum Gasteiger partial charge on any atom is 0.123 e. The molecule has 0 radical (unpaired) electrons. The van der Waals surface area contributed by atoms with Crippen molar-refractivity contribution in [3.63, 3.8) is 0 Å². The van der Waals surface area contributed by atoms with Gasteiger partial charge in [-0.15, -0.1) is 0 Å². The van der Waals surface area contributed by atoms with Crippen molar-refractivity contribution in [1.82, 2.24) is 0 Å². The molecule has 0 saturated carbocycles. The van der Waals surface area contributed by atoms with Gasteiger partial charge in [0.15, 0.2) is 0 Å². The molecule has 1 aromatic rings. The first-order valence-corrected chi connectivity index (χ1v) is 4.87. The van der Waals surface area contributed by atoms with Crippen molar-refractivity contribution in [2.24, 2.45) is 5.73 Å². The van der Waals surface area contributed by atoms with E-state index in [1.54, 1.807) is 0 Å². The van der Waals surface area contributed by atoms with Gasteiger partial charge in [-0.25, -0.2) is 0 Å². The quantitative estimate of drug-likeness (QED) is 0.734. The van der Waals surface area contributed by atoms with E-state index in [1.807, 2.05) is 19.1 Å². The smallest absolute Gasteiger partial charge is 0.123 e. The van der Waals surface area contributed by atoms with Gasteiger partial charge in [0.2, 0.25) is 0 Å². The standard InChI is InChI=1S/C11H15NO2/c1-7-2-3-10-8(4-5-14-10)11(7)9(13)6-12/h2-3,9,13H,4-6,12H2,1H3. The zero-order chi connectivity index (χ0) is 10.1. The molecular weight excluding hydrogens is 178 g/mol. The molecule has 3 heteroatoms. The van der Waals surface area contributed by atoms with Crippen LogP contribution in [0.25, 0.3) is 0 Å². The van der Waals surface area contributed by atoms with Crippen molar-refractivity contribution in [2.75, 3.05) is 13.2 Å². The number of nitrogens with two attached hydrogens (primary N) is 1. The van der Waals surface area contributed by atoms with Crippen LogP contribution in [0.2, 0.25) is 0 Å². The normalized spacial score (nSPS) is 16.2. The average Bonchev–Trinajstić information content (AvgIpc) is 2.64. The van der Waals surface area contributed by atoms with Gasteiger partial charge in [0.25, 0.3) is 0 Å². The van der Waals surface area contributed by atoms with Gasteiger partial charge in [-0.2, -0.15) is 0 Å². The molecule has 1 unspecified atom stereocenters. The number of rotatable bonds is 2. The largest absolute Gasteiger partial charge is 0.493 e. The minimum absolute atomic E-state index is 0.261. The lowest BCUT2D eigenvalue weighted by Gasteiger charge is -2.15. The lowest BCUT2D eigenvalue weighted by Crippen LogP contribution is -2.14. The summed E-state index contributed by atoms with van der Waals surface area (Å²) in [5, 5.41) is 9.79. The maximum absolute atomic E-state index is 9.79. The Kier molecular flexibility index (Phi) is 2.44. The third kappa shape index (κ3) is 1.38. The number of benzene rings is 1. The van der Waals surface area contributed by atoms with E-state index >= 15 is 0 Å². The fraction of sp³-hybridized carbons (Fsp3) is 0.455. The summed E-state index contributed by atoms with van der Waals surface area (Å²) in [5.41, 5.74) is 8.65. The second kappa shape index (κ2) is 3.59. The minimum atomic E-state index is -0.563. The Morgan fingerprint density at radius 3 is 3.07 bits per heavy atom. The van der Waals surface area contributed by atoms with Crippen LogP contribution >= 0.6 is 0 Å². The van der Waals surface area contributed by atoms with E-state index in [-0.39, 0.29) is 6.54 Å². The molecule has 0 saturated heterocycles. The molecule has 1 aliphatic rings. The Balaban J connectivity index is 2.51. The van der Waals surface area contributed by atoms with Gasteiger partial charge in [-0.3, -0.25) is 0 Å². The van der Waals surface area contributed by atoms with Crippen LogP contribution in [-0.2, 0) is 6.42 Å². The predicted molar refractivity (Wildman–Crippen MR) is 54.4 cm³/mol. The van der Waals surface area contributed by atoms with Crippen LogP contribution in [0, 0.1) is 6.92 Å². The van der Waals surface area contributed by atoms with E-state index in [4.69, 9.17) is 10.5 Å². The van der Waals surface area contributed by atoms with Crippen molar-refractivity contribution >= 4 is 0 Å². The lowest BCUT2D eigenvalue weighted by atomic mass is 9.95. The molecule has 0 bridgehead atoms. The number of hydrogen-bond acceptors (Lipinski definition) is 3. The molecule has 1 aromatic carbocycles.